The molecule has 0 aliphatic heterocycles. The molecule has 0 amide bonds. The van der Waals surface area contributed by atoms with Crippen LogP contribution in [0.25, 0.3) is 6.08 Å². The van der Waals surface area contributed by atoms with E-state index in [1.54, 1.807) is 24.4 Å². The van der Waals surface area contributed by atoms with Gasteiger partial charge in [-0.25, -0.2) is 0 Å². The van der Waals surface area contributed by atoms with Crippen molar-refractivity contribution in [3.63, 3.8) is 0 Å². The second kappa shape index (κ2) is 7.22. The van der Waals surface area contributed by atoms with Crippen LogP contribution in [0.1, 0.15) is 11.1 Å². The lowest BCUT2D eigenvalue weighted by molar-refractivity contribution is -0.384. The number of hydrogen-bond acceptors (Lipinski definition) is 4. The molecule has 0 unspecified atom stereocenters. The molecule has 0 aromatic heterocycles. The highest BCUT2D eigenvalue weighted by Gasteiger charge is 2.03. The minimum atomic E-state index is -0.432. The van der Waals surface area contributed by atoms with E-state index in [0.717, 1.165) is 16.8 Å². The summed E-state index contributed by atoms with van der Waals surface area (Å²) in [7, 11) is 3.93. The molecule has 23 heavy (non-hydrogen) atoms. The van der Waals surface area contributed by atoms with Crippen molar-refractivity contribution in [1.29, 1.82) is 5.41 Å². The predicted octanol–water partition coefficient (Wildman–Crippen LogP) is 3.25. The van der Waals surface area contributed by atoms with Gasteiger partial charge in [-0.1, -0.05) is 0 Å². The Morgan fingerprint density at radius 1 is 1.13 bits per heavy atom. The SMILES string of the molecule is CN(C)c1ccc(C(=N)N/C=C/c2ccc([N+](=O)[O-])cc2)cc1. The molecule has 0 heterocycles. The fraction of sp³-hybridized carbons (Fsp3) is 0.118. The Bertz CT molecular complexity index is 719. The number of rotatable bonds is 5. The van der Waals surface area contributed by atoms with Gasteiger partial charge < -0.3 is 10.2 Å². The molecule has 0 saturated carbocycles. The lowest BCUT2D eigenvalue weighted by Crippen LogP contribution is -2.17. The van der Waals surface area contributed by atoms with Crippen molar-refractivity contribution in [1.82, 2.24) is 5.32 Å². The van der Waals surface area contributed by atoms with Gasteiger partial charge in [-0.15, -0.1) is 0 Å². The van der Waals surface area contributed by atoms with Gasteiger partial charge in [-0.05, 0) is 48.0 Å². The minimum Gasteiger partial charge on any atom is -0.378 e. The summed E-state index contributed by atoms with van der Waals surface area (Å²) in [6.45, 7) is 0. The lowest BCUT2D eigenvalue weighted by atomic mass is 10.2. The Kier molecular flexibility index (Phi) is 5.09. The standard InChI is InChI=1S/C17H18N4O2/c1-20(2)15-9-5-14(6-10-15)17(18)19-12-11-13-3-7-16(8-4-13)21(22)23/h3-12H,1-2H3,(H2,18,19)/b12-11+. The largest absolute Gasteiger partial charge is 0.378 e. The van der Waals surface area contributed by atoms with Gasteiger partial charge in [-0.3, -0.25) is 15.5 Å². The number of nitrogens with one attached hydrogen (secondary N) is 2. The van der Waals surface area contributed by atoms with Crippen LogP contribution in [0.4, 0.5) is 11.4 Å². The molecule has 0 spiro atoms. The third-order valence-corrected chi connectivity index (χ3v) is 3.28. The molecule has 118 valence electrons. The number of non-ortho nitro benzene ring substituents is 1. The molecule has 2 aromatic carbocycles. The molecule has 2 rings (SSSR count). The zero-order chi connectivity index (χ0) is 16.8. The normalized spacial score (nSPS) is 10.5. The van der Waals surface area contributed by atoms with E-state index in [0.29, 0.717) is 0 Å². The number of amidine groups is 1. The maximum atomic E-state index is 10.6. The van der Waals surface area contributed by atoms with E-state index in [4.69, 9.17) is 5.41 Å². The number of benzene rings is 2. The van der Waals surface area contributed by atoms with Gasteiger partial charge >= 0.3 is 0 Å². The first-order chi connectivity index (χ1) is 11.0. The number of hydrogen-bond donors (Lipinski definition) is 2. The van der Waals surface area contributed by atoms with Crippen molar-refractivity contribution in [2.45, 2.75) is 0 Å². The fourth-order valence-electron chi connectivity index (χ4n) is 1.94. The van der Waals surface area contributed by atoms with Crippen molar-refractivity contribution in [3.05, 3.63) is 76.0 Å². The monoisotopic (exact) mass is 310 g/mol. The van der Waals surface area contributed by atoms with E-state index in [1.807, 2.05) is 43.3 Å². The molecule has 2 aromatic rings. The van der Waals surface area contributed by atoms with Gasteiger partial charge in [0.15, 0.2) is 0 Å². The number of nitrogens with zero attached hydrogens (tertiary/aromatic N) is 2. The molecule has 2 N–H and O–H groups in total. The zero-order valence-electron chi connectivity index (χ0n) is 13.0. The summed E-state index contributed by atoms with van der Waals surface area (Å²) in [5, 5.41) is 21.5. The molecule has 0 saturated heterocycles. The van der Waals surface area contributed by atoms with Crippen LogP contribution < -0.4 is 10.2 Å². The Morgan fingerprint density at radius 3 is 2.26 bits per heavy atom. The summed E-state index contributed by atoms with van der Waals surface area (Å²) >= 11 is 0. The number of anilines is 1. The van der Waals surface area contributed by atoms with Crippen LogP contribution in [0.5, 0.6) is 0 Å². The van der Waals surface area contributed by atoms with Crippen LogP contribution in [0.2, 0.25) is 0 Å². The van der Waals surface area contributed by atoms with Gasteiger partial charge in [0.2, 0.25) is 0 Å². The molecule has 0 radical (unpaired) electrons. The fourth-order valence-corrected chi connectivity index (χ4v) is 1.94. The van der Waals surface area contributed by atoms with E-state index in [2.05, 4.69) is 5.32 Å². The molecular weight excluding hydrogens is 292 g/mol. The minimum absolute atomic E-state index is 0.0591. The highest BCUT2D eigenvalue weighted by atomic mass is 16.6. The predicted molar refractivity (Wildman–Crippen MR) is 92.9 cm³/mol. The first-order valence-corrected chi connectivity index (χ1v) is 7.01. The Morgan fingerprint density at radius 2 is 1.74 bits per heavy atom. The van der Waals surface area contributed by atoms with Gasteiger partial charge in [0.25, 0.3) is 5.69 Å². The van der Waals surface area contributed by atoms with Crippen LogP contribution in [0.15, 0.2) is 54.7 Å². The summed E-state index contributed by atoms with van der Waals surface area (Å²) in [6.07, 6.45) is 3.40. The highest BCUT2D eigenvalue weighted by Crippen LogP contribution is 2.13. The summed E-state index contributed by atoms with van der Waals surface area (Å²) in [5.41, 5.74) is 2.73. The first kappa shape index (κ1) is 16.2. The van der Waals surface area contributed by atoms with E-state index in [1.165, 1.54) is 12.1 Å². The third-order valence-electron chi connectivity index (χ3n) is 3.28. The maximum Gasteiger partial charge on any atom is 0.269 e. The van der Waals surface area contributed by atoms with E-state index >= 15 is 0 Å². The van der Waals surface area contributed by atoms with Crippen LogP contribution in [-0.4, -0.2) is 24.9 Å². The topological polar surface area (TPSA) is 82.3 Å². The molecule has 0 aliphatic carbocycles. The third kappa shape index (κ3) is 4.41. The van der Waals surface area contributed by atoms with Gasteiger partial charge in [0.05, 0.1) is 4.92 Å². The lowest BCUT2D eigenvalue weighted by Gasteiger charge is -2.12. The van der Waals surface area contributed by atoms with Crippen LogP contribution in [0, 0.1) is 15.5 Å². The van der Waals surface area contributed by atoms with Gasteiger partial charge in [-0.2, -0.15) is 0 Å². The zero-order valence-corrected chi connectivity index (χ0v) is 13.0. The van der Waals surface area contributed by atoms with E-state index in [-0.39, 0.29) is 11.5 Å². The average molecular weight is 310 g/mol. The Balaban J connectivity index is 1.96. The second-order valence-electron chi connectivity index (χ2n) is 5.14. The van der Waals surface area contributed by atoms with Crippen molar-refractivity contribution < 1.29 is 4.92 Å². The van der Waals surface area contributed by atoms with E-state index < -0.39 is 4.92 Å². The highest BCUT2D eigenvalue weighted by molar-refractivity contribution is 5.97. The number of nitro benzene ring substituents is 1. The van der Waals surface area contributed by atoms with Crippen molar-refractivity contribution in [3.8, 4) is 0 Å². The average Bonchev–Trinajstić information content (AvgIpc) is 2.55. The van der Waals surface area contributed by atoms with Crippen LogP contribution >= 0.6 is 0 Å². The second-order valence-corrected chi connectivity index (χ2v) is 5.14. The molecule has 0 aliphatic rings. The van der Waals surface area contributed by atoms with E-state index in [9.17, 15) is 10.1 Å². The molecule has 6 nitrogen and oxygen atoms in total. The Labute approximate surface area is 134 Å². The molecule has 0 atom stereocenters. The summed E-state index contributed by atoms with van der Waals surface area (Å²) in [5.74, 6) is 0.286. The molecule has 0 fully saturated rings. The maximum absolute atomic E-state index is 10.6. The summed E-state index contributed by atoms with van der Waals surface area (Å²) < 4.78 is 0. The summed E-state index contributed by atoms with van der Waals surface area (Å²) in [4.78, 5) is 12.1. The molecule has 6 heteroatoms. The quantitative estimate of drug-likeness (QED) is 0.384. The number of nitro groups is 1. The Hall–Kier alpha value is -3.15. The summed E-state index contributed by atoms with van der Waals surface area (Å²) in [6, 6.07) is 13.9. The molecular formula is C17H18N4O2. The van der Waals surface area contributed by atoms with Crippen molar-refractivity contribution >= 4 is 23.3 Å². The van der Waals surface area contributed by atoms with Crippen LogP contribution in [0.3, 0.4) is 0 Å². The van der Waals surface area contributed by atoms with Crippen LogP contribution in [-0.2, 0) is 0 Å². The van der Waals surface area contributed by atoms with Gasteiger partial charge in [0, 0.05) is 43.7 Å². The first-order valence-electron chi connectivity index (χ1n) is 7.01. The molecule has 0 bridgehead atoms. The van der Waals surface area contributed by atoms with Crippen molar-refractivity contribution in [2.75, 3.05) is 19.0 Å². The van der Waals surface area contributed by atoms with Crippen molar-refractivity contribution in [2.24, 2.45) is 0 Å². The van der Waals surface area contributed by atoms with Gasteiger partial charge in [0.1, 0.15) is 5.84 Å². The smallest absolute Gasteiger partial charge is 0.269 e.